The van der Waals surface area contributed by atoms with Crippen LogP contribution in [0, 0.1) is 0 Å². The minimum Gasteiger partial charge on any atom is -0.319 e. The fourth-order valence-corrected chi connectivity index (χ4v) is 0. The Morgan fingerprint density at radius 3 is 1.10 bits per heavy atom. The predicted octanol–water partition coefficient (Wildman–Crippen LogP) is 3.74. The highest BCUT2D eigenvalue weighted by Crippen LogP contribution is 1.84. The van der Waals surface area contributed by atoms with Gasteiger partial charge in [-0.25, -0.2) is 0 Å². The standard InChI is InChI=1S/2C3H8.C2H6OS/c2*1-3-2;1-3-4-2/h2*3H2,1-2H3;1-2H3. The molecule has 0 N–H and O–H groups in total. The summed E-state index contributed by atoms with van der Waals surface area (Å²) < 4.78 is 4.46. The molecule has 66 valence electrons. The van der Waals surface area contributed by atoms with Crippen LogP contribution in [0.2, 0.25) is 0 Å². The molecule has 0 aromatic heterocycles. The summed E-state index contributed by atoms with van der Waals surface area (Å²) in [4.78, 5) is 0. The Morgan fingerprint density at radius 2 is 1.10 bits per heavy atom. The predicted molar refractivity (Wildman–Crippen MR) is 52.5 cm³/mol. The first-order valence-electron chi connectivity index (χ1n) is 3.81. The molecule has 0 rings (SSSR count). The normalized spacial score (nSPS) is 6.60. The molecule has 0 radical (unpaired) electrons. The van der Waals surface area contributed by atoms with Gasteiger partial charge in [-0.15, -0.1) is 0 Å². The van der Waals surface area contributed by atoms with Crippen LogP contribution in [0.15, 0.2) is 0 Å². The molecule has 0 heterocycles. The molecule has 0 aromatic rings. The molecule has 0 bridgehead atoms. The second-order valence-electron chi connectivity index (χ2n) is 1.75. The Kier molecular flexibility index (Phi) is 57.9. The molecule has 1 nitrogen and oxygen atoms in total. The second kappa shape index (κ2) is 34.6. The van der Waals surface area contributed by atoms with Crippen LogP contribution in [-0.4, -0.2) is 13.4 Å². The van der Waals surface area contributed by atoms with Gasteiger partial charge in [0.1, 0.15) is 0 Å². The molecule has 0 unspecified atom stereocenters. The van der Waals surface area contributed by atoms with Crippen molar-refractivity contribution in [3.8, 4) is 0 Å². The molecule has 0 saturated heterocycles. The van der Waals surface area contributed by atoms with Gasteiger partial charge < -0.3 is 4.18 Å². The third-order valence-electron chi connectivity index (χ3n) is 0.167. The molecule has 0 aliphatic carbocycles. The van der Waals surface area contributed by atoms with Gasteiger partial charge in [-0.2, -0.15) is 0 Å². The lowest BCUT2D eigenvalue weighted by molar-refractivity contribution is 0.493. The first-order chi connectivity index (χ1) is 4.74. The minimum absolute atomic E-state index is 1.25. The zero-order chi connectivity index (χ0) is 8.83. The van der Waals surface area contributed by atoms with Crippen molar-refractivity contribution in [1.82, 2.24) is 0 Å². The Labute approximate surface area is 70.8 Å². The van der Waals surface area contributed by atoms with Crippen molar-refractivity contribution in [3.63, 3.8) is 0 Å². The van der Waals surface area contributed by atoms with Crippen LogP contribution < -0.4 is 0 Å². The molecule has 0 aromatic carbocycles. The van der Waals surface area contributed by atoms with Gasteiger partial charge in [0.05, 0.1) is 7.11 Å². The second-order valence-corrected chi connectivity index (χ2v) is 2.41. The summed E-state index contributed by atoms with van der Waals surface area (Å²) in [5.74, 6) is 0. The maximum atomic E-state index is 4.46. The summed E-state index contributed by atoms with van der Waals surface area (Å²) in [6, 6.07) is 0. The molecular weight excluding hydrogens is 144 g/mol. The summed E-state index contributed by atoms with van der Waals surface area (Å²) in [5, 5.41) is 0. The highest BCUT2D eigenvalue weighted by Gasteiger charge is 1.52. The average molecular weight is 166 g/mol. The van der Waals surface area contributed by atoms with E-state index in [9.17, 15) is 0 Å². The highest BCUT2D eigenvalue weighted by molar-refractivity contribution is 7.93. The first kappa shape index (κ1) is 16.7. The Morgan fingerprint density at radius 1 is 1.00 bits per heavy atom. The van der Waals surface area contributed by atoms with Crippen molar-refractivity contribution in [2.45, 2.75) is 40.5 Å². The van der Waals surface area contributed by atoms with E-state index < -0.39 is 0 Å². The number of rotatable bonds is 1. The van der Waals surface area contributed by atoms with Gasteiger partial charge in [-0.1, -0.05) is 40.5 Å². The third-order valence-corrected chi connectivity index (χ3v) is 0.500. The van der Waals surface area contributed by atoms with E-state index in [1.165, 1.54) is 24.9 Å². The summed E-state index contributed by atoms with van der Waals surface area (Å²) in [6.45, 7) is 8.50. The zero-order valence-electron chi connectivity index (χ0n) is 8.23. The van der Waals surface area contributed by atoms with E-state index in [1.54, 1.807) is 7.11 Å². The van der Waals surface area contributed by atoms with Crippen LogP contribution in [-0.2, 0) is 4.18 Å². The fourth-order valence-electron chi connectivity index (χ4n) is 0. The van der Waals surface area contributed by atoms with Gasteiger partial charge in [0, 0.05) is 6.26 Å². The zero-order valence-corrected chi connectivity index (χ0v) is 9.05. The lowest BCUT2D eigenvalue weighted by atomic mass is 10.6. The molecule has 0 aliphatic rings. The number of hydrogen-bond donors (Lipinski definition) is 0. The van der Waals surface area contributed by atoms with Gasteiger partial charge in [-0.05, 0) is 12.0 Å². The quantitative estimate of drug-likeness (QED) is 0.549. The molecule has 0 aliphatic heterocycles. The SMILES string of the molecule is CCC.CCC.COSC. The number of hydrogen-bond acceptors (Lipinski definition) is 2. The molecule has 0 amide bonds. The van der Waals surface area contributed by atoms with Crippen LogP contribution in [0.4, 0.5) is 0 Å². The molecular formula is C8H22OS. The molecule has 0 spiro atoms. The molecule has 0 fully saturated rings. The van der Waals surface area contributed by atoms with E-state index >= 15 is 0 Å². The van der Waals surface area contributed by atoms with Gasteiger partial charge in [0.25, 0.3) is 0 Å². The smallest absolute Gasteiger partial charge is 0.0503 e. The lowest BCUT2D eigenvalue weighted by Crippen LogP contribution is -1.53. The molecule has 0 atom stereocenters. The van der Waals surface area contributed by atoms with Crippen molar-refractivity contribution < 1.29 is 4.18 Å². The van der Waals surface area contributed by atoms with Crippen molar-refractivity contribution in [2.75, 3.05) is 13.4 Å². The van der Waals surface area contributed by atoms with Crippen molar-refractivity contribution in [1.29, 1.82) is 0 Å². The van der Waals surface area contributed by atoms with Crippen LogP contribution in [0.25, 0.3) is 0 Å². The van der Waals surface area contributed by atoms with Gasteiger partial charge in [0.15, 0.2) is 0 Å². The van der Waals surface area contributed by atoms with Crippen LogP contribution in [0.5, 0.6) is 0 Å². The average Bonchev–Trinajstić information content (AvgIpc) is 1.91. The van der Waals surface area contributed by atoms with Crippen molar-refractivity contribution in [3.05, 3.63) is 0 Å². The van der Waals surface area contributed by atoms with Gasteiger partial charge in [-0.3, -0.25) is 0 Å². The minimum atomic E-state index is 1.25. The van der Waals surface area contributed by atoms with E-state index in [1.807, 2.05) is 6.26 Å². The third kappa shape index (κ3) is 259. The molecule has 0 saturated carbocycles. The summed E-state index contributed by atoms with van der Waals surface area (Å²) in [5.41, 5.74) is 0. The maximum Gasteiger partial charge on any atom is 0.0503 e. The highest BCUT2D eigenvalue weighted by atomic mass is 32.2. The Balaban J connectivity index is -0.0000000750. The van der Waals surface area contributed by atoms with Crippen LogP contribution in [0.1, 0.15) is 40.5 Å². The van der Waals surface area contributed by atoms with Crippen molar-refractivity contribution in [2.24, 2.45) is 0 Å². The lowest BCUT2D eigenvalue weighted by Gasteiger charge is -1.74. The van der Waals surface area contributed by atoms with E-state index in [0.717, 1.165) is 0 Å². The monoisotopic (exact) mass is 166 g/mol. The molecule has 10 heavy (non-hydrogen) atoms. The van der Waals surface area contributed by atoms with E-state index in [-0.39, 0.29) is 0 Å². The largest absolute Gasteiger partial charge is 0.319 e. The van der Waals surface area contributed by atoms with E-state index in [4.69, 9.17) is 0 Å². The Bertz CT molecular complexity index is 21.2. The Hall–Kier alpha value is 0.310. The van der Waals surface area contributed by atoms with Crippen LogP contribution >= 0.6 is 12.0 Å². The fraction of sp³-hybridized carbons (Fsp3) is 1.00. The topological polar surface area (TPSA) is 9.23 Å². The van der Waals surface area contributed by atoms with Crippen LogP contribution in [0.3, 0.4) is 0 Å². The van der Waals surface area contributed by atoms with E-state index in [0.29, 0.717) is 0 Å². The molecule has 2 heteroatoms. The summed E-state index contributed by atoms with van der Waals surface area (Å²) in [7, 11) is 1.64. The van der Waals surface area contributed by atoms with E-state index in [2.05, 4.69) is 31.9 Å². The summed E-state index contributed by atoms with van der Waals surface area (Å²) in [6.07, 6.45) is 4.38. The summed E-state index contributed by atoms with van der Waals surface area (Å²) >= 11 is 1.36. The first-order valence-corrected chi connectivity index (χ1v) is 4.96. The van der Waals surface area contributed by atoms with Gasteiger partial charge in [0.2, 0.25) is 0 Å². The van der Waals surface area contributed by atoms with Crippen molar-refractivity contribution >= 4 is 12.0 Å². The van der Waals surface area contributed by atoms with Gasteiger partial charge >= 0.3 is 0 Å². The maximum absolute atomic E-state index is 4.46.